The van der Waals surface area contributed by atoms with E-state index in [2.05, 4.69) is 34.2 Å². The third-order valence-electron chi connectivity index (χ3n) is 3.40. The maximum Gasteiger partial charge on any atom is 0.124 e. The fourth-order valence-electron chi connectivity index (χ4n) is 2.40. The molecule has 0 fully saturated rings. The molecule has 1 unspecified atom stereocenters. The number of hydrogen-bond acceptors (Lipinski definition) is 1. The fraction of sp³-hybridized carbons (Fsp3) is 0.294. The lowest BCUT2D eigenvalue weighted by Crippen LogP contribution is -2.23. The van der Waals surface area contributed by atoms with Gasteiger partial charge in [-0.1, -0.05) is 46.6 Å². The number of aryl methyl sites for hydroxylation is 1. The topological polar surface area (TPSA) is 12.0 Å². The highest BCUT2D eigenvalue weighted by Gasteiger charge is 2.13. The van der Waals surface area contributed by atoms with Gasteiger partial charge in [-0.15, -0.1) is 0 Å². The van der Waals surface area contributed by atoms with Crippen molar-refractivity contribution in [3.63, 3.8) is 0 Å². The minimum atomic E-state index is -0.220. The van der Waals surface area contributed by atoms with Crippen molar-refractivity contribution in [1.29, 1.82) is 0 Å². The van der Waals surface area contributed by atoms with E-state index < -0.39 is 0 Å². The Balaban J connectivity index is 2.27. The maximum absolute atomic E-state index is 13.5. The van der Waals surface area contributed by atoms with E-state index >= 15 is 0 Å². The highest BCUT2D eigenvalue weighted by Crippen LogP contribution is 2.25. The smallest absolute Gasteiger partial charge is 0.124 e. The maximum atomic E-state index is 13.5. The third kappa shape index (κ3) is 4.53. The van der Waals surface area contributed by atoms with Crippen LogP contribution in [0.25, 0.3) is 0 Å². The molecular formula is C17H18BrClFN. The van der Waals surface area contributed by atoms with Crippen LogP contribution >= 0.6 is 27.5 Å². The van der Waals surface area contributed by atoms with Crippen LogP contribution < -0.4 is 5.32 Å². The minimum Gasteiger partial charge on any atom is -0.310 e. The second-order valence-electron chi connectivity index (χ2n) is 5.10. The molecule has 0 aliphatic heterocycles. The second-order valence-corrected chi connectivity index (χ2v) is 6.42. The zero-order valence-corrected chi connectivity index (χ0v) is 14.4. The van der Waals surface area contributed by atoms with Crippen LogP contribution in [0.1, 0.15) is 29.7 Å². The van der Waals surface area contributed by atoms with Crippen LogP contribution in [0.3, 0.4) is 0 Å². The Kier molecular flexibility index (Phi) is 5.80. The average Bonchev–Trinajstić information content (AvgIpc) is 2.40. The Morgan fingerprint density at radius 3 is 2.62 bits per heavy atom. The van der Waals surface area contributed by atoms with E-state index in [-0.39, 0.29) is 11.9 Å². The van der Waals surface area contributed by atoms with Crippen LogP contribution in [0.5, 0.6) is 0 Å². The van der Waals surface area contributed by atoms with Gasteiger partial charge in [0.25, 0.3) is 0 Å². The molecule has 0 bridgehead atoms. The molecule has 2 aromatic rings. The van der Waals surface area contributed by atoms with E-state index in [1.54, 1.807) is 6.07 Å². The standard InChI is InChI=1S/C17H18BrClFN/c1-3-21-17(13-4-5-16(19)11(2)6-13)9-12-7-14(18)10-15(20)8-12/h4-8,10,17,21H,3,9H2,1-2H3. The summed E-state index contributed by atoms with van der Waals surface area (Å²) in [5.41, 5.74) is 3.18. The Labute approximate surface area is 138 Å². The van der Waals surface area contributed by atoms with Crippen molar-refractivity contribution in [2.24, 2.45) is 0 Å². The quantitative estimate of drug-likeness (QED) is 0.738. The summed E-state index contributed by atoms with van der Waals surface area (Å²) in [7, 11) is 0. The normalized spacial score (nSPS) is 12.4. The molecular weight excluding hydrogens is 353 g/mol. The van der Waals surface area contributed by atoms with Crippen molar-refractivity contribution in [3.8, 4) is 0 Å². The number of nitrogens with one attached hydrogen (secondary N) is 1. The average molecular weight is 371 g/mol. The number of rotatable bonds is 5. The molecule has 0 heterocycles. The van der Waals surface area contributed by atoms with Gasteiger partial charge in [0.05, 0.1) is 0 Å². The predicted octanol–water partition coefficient (Wildman–Crippen LogP) is 5.44. The molecule has 0 saturated heterocycles. The lowest BCUT2D eigenvalue weighted by atomic mass is 9.97. The molecule has 21 heavy (non-hydrogen) atoms. The summed E-state index contributed by atoms with van der Waals surface area (Å²) in [4.78, 5) is 0. The van der Waals surface area contributed by atoms with Crippen LogP contribution in [0.4, 0.5) is 4.39 Å². The summed E-state index contributed by atoms with van der Waals surface area (Å²) in [5.74, 6) is -0.220. The minimum absolute atomic E-state index is 0.139. The number of halogens is 3. The van der Waals surface area contributed by atoms with Crippen LogP contribution in [-0.2, 0) is 6.42 Å². The SMILES string of the molecule is CCNC(Cc1cc(F)cc(Br)c1)c1ccc(Cl)c(C)c1. The zero-order valence-electron chi connectivity index (χ0n) is 12.1. The molecule has 4 heteroatoms. The Hall–Kier alpha value is -0.900. The lowest BCUT2D eigenvalue weighted by molar-refractivity contribution is 0.546. The zero-order chi connectivity index (χ0) is 15.4. The molecule has 0 amide bonds. The summed E-state index contributed by atoms with van der Waals surface area (Å²) in [5, 5.41) is 4.22. The van der Waals surface area contributed by atoms with Gasteiger partial charge in [0.2, 0.25) is 0 Å². The van der Waals surface area contributed by atoms with Crippen molar-refractivity contribution >= 4 is 27.5 Å². The van der Waals surface area contributed by atoms with Crippen molar-refractivity contribution in [2.75, 3.05) is 6.54 Å². The largest absolute Gasteiger partial charge is 0.310 e. The van der Waals surface area contributed by atoms with E-state index in [1.165, 1.54) is 11.6 Å². The van der Waals surface area contributed by atoms with E-state index in [4.69, 9.17) is 11.6 Å². The van der Waals surface area contributed by atoms with Gasteiger partial charge in [0, 0.05) is 15.5 Å². The number of benzene rings is 2. The van der Waals surface area contributed by atoms with Crippen molar-refractivity contribution < 1.29 is 4.39 Å². The monoisotopic (exact) mass is 369 g/mol. The summed E-state index contributed by atoms with van der Waals surface area (Å²) in [6.07, 6.45) is 0.727. The number of likely N-dealkylation sites (N-methyl/N-ethyl adjacent to an activating group) is 1. The van der Waals surface area contributed by atoms with E-state index in [0.717, 1.165) is 33.6 Å². The first kappa shape index (κ1) is 16.5. The van der Waals surface area contributed by atoms with Crippen LogP contribution in [-0.4, -0.2) is 6.54 Å². The van der Waals surface area contributed by atoms with Gasteiger partial charge in [-0.2, -0.15) is 0 Å². The molecule has 0 aliphatic carbocycles. The Bertz CT molecular complexity index is 610. The summed E-state index contributed by atoms with van der Waals surface area (Å²) >= 11 is 9.43. The molecule has 0 saturated carbocycles. The molecule has 1 atom stereocenters. The fourth-order valence-corrected chi connectivity index (χ4v) is 3.03. The molecule has 0 aliphatic rings. The van der Waals surface area contributed by atoms with Gasteiger partial charge in [-0.3, -0.25) is 0 Å². The first-order valence-corrected chi connectivity index (χ1v) is 8.11. The van der Waals surface area contributed by atoms with Crippen LogP contribution in [0, 0.1) is 12.7 Å². The van der Waals surface area contributed by atoms with Crippen molar-refractivity contribution in [2.45, 2.75) is 26.3 Å². The summed E-state index contributed by atoms with van der Waals surface area (Å²) < 4.78 is 14.3. The first-order chi connectivity index (χ1) is 9.99. The van der Waals surface area contributed by atoms with Crippen LogP contribution in [0.2, 0.25) is 5.02 Å². The first-order valence-electron chi connectivity index (χ1n) is 6.94. The third-order valence-corrected chi connectivity index (χ3v) is 4.28. The van der Waals surface area contributed by atoms with Crippen molar-refractivity contribution in [3.05, 3.63) is 68.4 Å². The molecule has 1 nitrogen and oxygen atoms in total. The molecule has 112 valence electrons. The summed E-state index contributed by atoms with van der Waals surface area (Å²) in [6, 6.07) is 11.2. The second kappa shape index (κ2) is 7.39. The molecule has 2 rings (SSSR count). The van der Waals surface area contributed by atoms with Crippen LogP contribution in [0.15, 0.2) is 40.9 Å². The van der Waals surface area contributed by atoms with Gasteiger partial charge in [0.15, 0.2) is 0 Å². The van der Waals surface area contributed by atoms with Gasteiger partial charge < -0.3 is 5.32 Å². The molecule has 1 N–H and O–H groups in total. The highest BCUT2D eigenvalue weighted by atomic mass is 79.9. The van der Waals surface area contributed by atoms with Crippen molar-refractivity contribution in [1.82, 2.24) is 5.32 Å². The lowest BCUT2D eigenvalue weighted by Gasteiger charge is -2.19. The summed E-state index contributed by atoms with van der Waals surface area (Å²) in [6.45, 7) is 4.91. The molecule has 0 aromatic heterocycles. The highest BCUT2D eigenvalue weighted by molar-refractivity contribution is 9.10. The molecule has 0 spiro atoms. The molecule has 0 radical (unpaired) electrons. The Morgan fingerprint density at radius 2 is 2.00 bits per heavy atom. The predicted molar refractivity (Wildman–Crippen MR) is 90.4 cm³/mol. The Morgan fingerprint density at radius 1 is 1.24 bits per heavy atom. The molecule has 2 aromatic carbocycles. The van der Waals surface area contributed by atoms with Gasteiger partial charge >= 0.3 is 0 Å². The van der Waals surface area contributed by atoms with Gasteiger partial charge in [-0.05, 0) is 60.8 Å². The van der Waals surface area contributed by atoms with E-state index in [1.807, 2.05) is 25.1 Å². The van der Waals surface area contributed by atoms with Gasteiger partial charge in [-0.25, -0.2) is 4.39 Å². The number of hydrogen-bond donors (Lipinski definition) is 1. The van der Waals surface area contributed by atoms with E-state index in [9.17, 15) is 4.39 Å². The van der Waals surface area contributed by atoms with Gasteiger partial charge in [0.1, 0.15) is 5.82 Å². The van der Waals surface area contributed by atoms with E-state index in [0.29, 0.717) is 0 Å².